The maximum absolute atomic E-state index is 12.5. The Hall–Kier alpha value is -2.14. The van der Waals surface area contributed by atoms with Crippen LogP contribution in [0.1, 0.15) is 12.0 Å². The zero-order chi connectivity index (χ0) is 14.8. The second kappa shape index (κ2) is 5.69. The number of imide groups is 1. The second-order valence-corrected chi connectivity index (χ2v) is 6.03. The number of anilines is 1. The van der Waals surface area contributed by atoms with Crippen LogP contribution in [0, 0.1) is 6.92 Å². The number of aromatic nitrogens is 1. The van der Waals surface area contributed by atoms with Crippen LogP contribution in [0.4, 0.5) is 5.69 Å². The van der Waals surface area contributed by atoms with Crippen molar-refractivity contribution < 1.29 is 9.59 Å². The van der Waals surface area contributed by atoms with E-state index in [1.165, 1.54) is 16.7 Å². The molecule has 0 bridgehead atoms. The van der Waals surface area contributed by atoms with Crippen LogP contribution in [-0.4, -0.2) is 22.0 Å². The first-order valence-electron chi connectivity index (χ1n) is 6.67. The fourth-order valence-corrected chi connectivity index (χ4v) is 3.35. The highest BCUT2D eigenvalue weighted by Gasteiger charge is 2.40. The Bertz CT molecular complexity index is 688. The molecule has 4 nitrogen and oxygen atoms in total. The lowest BCUT2D eigenvalue weighted by atomic mass is 10.3. The summed E-state index contributed by atoms with van der Waals surface area (Å²) in [5, 5.41) is 0.407. The molecule has 2 amide bonds. The third-order valence-corrected chi connectivity index (χ3v) is 4.64. The lowest BCUT2D eigenvalue weighted by Crippen LogP contribution is -2.31. The first kappa shape index (κ1) is 13.8. The van der Waals surface area contributed by atoms with Gasteiger partial charge in [-0.1, -0.05) is 36.0 Å². The van der Waals surface area contributed by atoms with Gasteiger partial charge in [0.2, 0.25) is 11.8 Å². The van der Waals surface area contributed by atoms with Crippen molar-refractivity contribution >= 4 is 29.3 Å². The lowest BCUT2D eigenvalue weighted by molar-refractivity contribution is -0.121. The molecule has 1 aliphatic heterocycles. The minimum Gasteiger partial charge on any atom is -0.274 e. The summed E-state index contributed by atoms with van der Waals surface area (Å²) in [5.41, 5.74) is 1.65. The molecule has 3 rings (SSSR count). The number of benzene rings is 1. The van der Waals surface area contributed by atoms with Gasteiger partial charge in [0.1, 0.15) is 0 Å². The van der Waals surface area contributed by atoms with Gasteiger partial charge in [-0.15, -0.1) is 0 Å². The number of carbonyl (C=O) groups excluding carboxylic acids is 2. The third-order valence-electron chi connectivity index (χ3n) is 3.33. The Kier molecular flexibility index (Phi) is 3.75. The molecule has 106 valence electrons. The summed E-state index contributed by atoms with van der Waals surface area (Å²) >= 11 is 1.36. The summed E-state index contributed by atoms with van der Waals surface area (Å²) in [6.45, 7) is 1.95. The van der Waals surface area contributed by atoms with Gasteiger partial charge in [0, 0.05) is 12.6 Å². The molecule has 1 aromatic carbocycles. The zero-order valence-corrected chi connectivity index (χ0v) is 12.3. The van der Waals surface area contributed by atoms with E-state index in [0.29, 0.717) is 5.69 Å². The first-order chi connectivity index (χ1) is 10.2. The smallest absolute Gasteiger partial charge is 0.247 e. The Morgan fingerprint density at radius 2 is 1.90 bits per heavy atom. The quantitative estimate of drug-likeness (QED) is 0.818. The minimum atomic E-state index is -0.397. The van der Waals surface area contributed by atoms with Gasteiger partial charge < -0.3 is 0 Å². The van der Waals surface area contributed by atoms with Crippen LogP contribution < -0.4 is 4.90 Å². The summed E-state index contributed by atoms with van der Waals surface area (Å²) in [6, 6.07) is 12.9. The van der Waals surface area contributed by atoms with Gasteiger partial charge in [-0.05, 0) is 30.7 Å². The third kappa shape index (κ3) is 2.69. The van der Waals surface area contributed by atoms with Gasteiger partial charge in [-0.3, -0.25) is 9.59 Å². The van der Waals surface area contributed by atoms with E-state index in [1.54, 1.807) is 18.3 Å². The van der Waals surface area contributed by atoms with Crippen LogP contribution in [0.5, 0.6) is 0 Å². The standard InChI is InChI=1S/C16H14N2O2S/c1-11-6-5-9-17-15(11)21-13-10-14(19)18(16(13)20)12-7-3-2-4-8-12/h2-9,13H,10H2,1H3. The van der Waals surface area contributed by atoms with E-state index in [4.69, 9.17) is 0 Å². The molecule has 0 spiro atoms. The predicted molar refractivity (Wildman–Crippen MR) is 82.2 cm³/mol. The number of para-hydroxylation sites is 1. The second-order valence-electron chi connectivity index (χ2n) is 4.84. The topological polar surface area (TPSA) is 50.3 Å². The monoisotopic (exact) mass is 298 g/mol. The van der Waals surface area contributed by atoms with Crippen molar-refractivity contribution in [1.29, 1.82) is 0 Å². The Balaban J connectivity index is 1.83. The average molecular weight is 298 g/mol. The maximum atomic E-state index is 12.5. The zero-order valence-electron chi connectivity index (χ0n) is 11.5. The van der Waals surface area contributed by atoms with E-state index in [9.17, 15) is 9.59 Å². The SMILES string of the molecule is Cc1cccnc1SC1CC(=O)N(c2ccccc2)C1=O. The van der Waals surface area contributed by atoms with Gasteiger partial charge in [0.25, 0.3) is 0 Å². The number of nitrogens with zero attached hydrogens (tertiary/aromatic N) is 2. The number of pyridine rings is 1. The fourth-order valence-electron chi connectivity index (χ4n) is 2.27. The summed E-state index contributed by atoms with van der Waals surface area (Å²) in [7, 11) is 0. The summed E-state index contributed by atoms with van der Waals surface area (Å²) in [4.78, 5) is 30.2. The minimum absolute atomic E-state index is 0.155. The molecule has 1 aromatic heterocycles. The highest BCUT2D eigenvalue weighted by atomic mass is 32.2. The molecule has 0 N–H and O–H groups in total. The molecule has 1 saturated heterocycles. The van der Waals surface area contributed by atoms with E-state index in [-0.39, 0.29) is 18.2 Å². The van der Waals surface area contributed by atoms with E-state index in [1.807, 2.05) is 37.3 Å². The van der Waals surface area contributed by atoms with Crippen LogP contribution >= 0.6 is 11.8 Å². The van der Waals surface area contributed by atoms with E-state index in [2.05, 4.69) is 4.98 Å². The van der Waals surface area contributed by atoms with Crippen LogP contribution in [0.15, 0.2) is 53.7 Å². The van der Waals surface area contributed by atoms with Crippen molar-refractivity contribution in [1.82, 2.24) is 4.98 Å². The highest BCUT2D eigenvalue weighted by molar-refractivity contribution is 8.00. The van der Waals surface area contributed by atoms with Crippen molar-refractivity contribution in [3.63, 3.8) is 0 Å². The van der Waals surface area contributed by atoms with Crippen molar-refractivity contribution in [3.05, 3.63) is 54.2 Å². The van der Waals surface area contributed by atoms with E-state index < -0.39 is 5.25 Å². The molecule has 0 aliphatic carbocycles. The normalized spacial score (nSPS) is 18.3. The van der Waals surface area contributed by atoms with Crippen molar-refractivity contribution in [2.45, 2.75) is 23.6 Å². The number of hydrogen-bond donors (Lipinski definition) is 0. The highest BCUT2D eigenvalue weighted by Crippen LogP contribution is 2.34. The Labute approximate surface area is 127 Å². The molecule has 0 saturated carbocycles. The van der Waals surface area contributed by atoms with Gasteiger partial charge in [0.05, 0.1) is 16.0 Å². The summed E-state index contributed by atoms with van der Waals surface area (Å²) in [5.74, 6) is -0.321. The van der Waals surface area contributed by atoms with E-state index >= 15 is 0 Å². The van der Waals surface area contributed by atoms with E-state index in [0.717, 1.165) is 10.6 Å². The number of thioether (sulfide) groups is 1. The Morgan fingerprint density at radius 1 is 1.14 bits per heavy atom. The molecular formula is C16H14N2O2S. The van der Waals surface area contributed by atoms with Crippen molar-refractivity contribution in [2.24, 2.45) is 0 Å². The molecular weight excluding hydrogens is 284 g/mol. The lowest BCUT2D eigenvalue weighted by Gasteiger charge is -2.14. The summed E-state index contributed by atoms with van der Waals surface area (Å²) < 4.78 is 0. The molecule has 1 atom stereocenters. The number of hydrogen-bond acceptors (Lipinski definition) is 4. The van der Waals surface area contributed by atoms with Gasteiger partial charge in [-0.2, -0.15) is 0 Å². The number of rotatable bonds is 3. The molecule has 2 heterocycles. The maximum Gasteiger partial charge on any atom is 0.247 e. The number of carbonyl (C=O) groups is 2. The molecule has 5 heteroatoms. The Morgan fingerprint density at radius 3 is 2.62 bits per heavy atom. The largest absolute Gasteiger partial charge is 0.274 e. The summed E-state index contributed by atoms with van der Waals surface area (Å²) in [6.07, 6.45) is 1.92. The molecule has 21 heavy (non-hydrogen) atoms. The number of aryl methyl sites for hydroxylation is 1. The van der Waals surface area contributed by atoms with Crippen LogP contribution in [0.25, 0.3) is 0 Å². The molecule has 1 aliphatic rings. The molecule has 1 fully saturated rings. The average Bonchev–Trinajstić information content (AvgIpc) is 2.77. The molecule has 0 radical (unpaired) electrons. The first-order valence-corrected chi connectivity index (χ1v) is 7.55. The fraction of sp³-hybridized carbons (Fsp3) is 0.188. The van der Waals surface area contributed by atoms with Crippen molar-refractivity contribution in [3.8, 4) is 0 Å². The molecule has 1 unspecified atom stereocenters. The van der Waals surface area contributed by atoms with Gasteiger partial charge in [0.15, 0.2) is 0 Å². The van der Waals surface area contributed by atoms with Gasteiger partial charge in [-0.25, -0.2) is 9.88 Å². The molecule has 2 aromatic rings. The van der Waals surface area contributed by atoms with Crippen LogP contribution in [-0.2, 0) is 9.59 Å². The van der Waals surface area contributed by atoms with Crippen molar-refractivity contribution in [2.75, 3.05) is 4.90 Å². The van der Waals surface area contributed by atoms with Crippen LogP contribution in [0.3, 0.4) is 0 Å². The van der Waals surface area contributed by atoms with Crippen LogP contribution in [0.2, 0.25) is 0 Å². The number of amides is 2. The predicted octanol–water partition coefficient (Wildman–Crippen LogP) is 2.81. The van der Waals surface area contributed by atoms with Gasteiger partial charge >= 0.3 is 0 Å².